The molecule has 0 saturated carbocycles. The molecule has 1 heterocycles. The van der Waals surface area contributed by atoms with Crippen LogP contribution in [0.15, 0.2) is 138 Å². The zero-order valence-corrected chi connectivity index (χ0v) is 24.5. The third-order valence-corrected chi connectivity index (χ3v) is 7.01. The van der Waals surface area contributed by atoms with Crippen LogP contribution in [0.4, 0.5) is 17.1 Å². The highest BCUT2D eigenvalue weighted by Gasteiger charge is 2.12. The minimum atomic E-state index is 0.0502. The summed E-state index contributed by atoms with van der Waals surface area (Å²) in [7, 11) is 0. The lowest BCUT2D eigenvalue weighted by atomic mass is 10.1. The van der Waals surface area contributed by atoms with Gasteiger partial charge in [-0.25, -0.2) is 10.1 Å². The Morgan fingerprint density at radius 2 is 1.07 bits per heavy atom. The second-order valence-corrected chi connectivity index (χ2v) is 10.4. The van der Waals surface area contributed by atoms with E-state index in [1.165, 1.54) is 11.1 Å². The van der Waals surface area contributed by atoms with Gasteiger partial charge in [0.1, 0.15) is 11.5 Å². The largest absolute Gasteiger partial charge is 0.462 e. The van der Waals surface area contributed by atoms with Gasteiger partial charge in [0, 0.05) is 17.1 Å². The summed E-state index contributed by atoms with van der Waals surface area (Å²) < 4.78 is 5.75. The monoisotopic (exact) mass is 557 g/mol. The molecule has 0 spiro atoms. The van der Waals surface area contributed by atoms with Gasteiger partial charge >= 0.3 is 0 Å². The topological polar surface area (TPSA) is 40.6 Å². The first-order valence-corrected chi connectivity index (χ1v) is 14.0. The summed E-state index contributed by atoms with van der Waals surface area (Å²) >= 11 is 0. The predicted molar refractivity (Wildman–Crippen MR) is 177 cm³/mol. The third kappa shape index (κ3) is 7.27. The van der Waals surface area contributed by atoms with Gasteiger partial charge in [0.15, 0.2) is 0 Å². The lowest BCUT2D eigenvalue weighted by molar-refractivity contribution is 0.318. The van der Waals surface area contributed by atoms with Gasteiger partial charge in [-0.05, 0) is 97.7 Å². The predicted octanol–water partition coefficient (Wildman–Crippen LogP) is 10.5. The van der Waals surface area contributed by atoms with E-state index in [1.54, 1.807) is 19.1 Å². The van der Waals surface area contributed by atoms with Crippen LogP contribution in [0.2, 0.25) is 0 Å². The standard InChI is InChI=1S/C39H31N3O/c1-28-5-18-35(19-6-28)42(36-20-7-29(2)8-21-36)37-22-15-33(16-23-37)14-11-31-9-12-32(13-10-31)17-24-38-26-34(25-30(3)43-38)39(27-40)41-4/h5-26H,1-3H3/b14-11+,24-17+,39-34+. The summed E-state index contributed by atoms with van der Waals surface area (Å²) in [5.74, 6) is 1.22. The molecule has 1 aliphatic heterocycles. The molecule has 0 saturated heterocycles. The van der Waals surface area contributed by atoms with Crippen LogP contribution in [-0.4, -0.2) is 0 Å². The van der Waals surface area contributed by atoms with Crippen molar-refractivity contribution in [3.63, 3.8) is 0 Å². The Labute approximate surface area is 253 Å². The first-order chi connectivity index (χ1) is 20.9. The molecule has 4 nitrogen and oxygen atoms in total. The highest BCUT2D eigenvalue weighted by Crippen LogP contribution is 2.35. The third-order valence-electron chi connectivity index (χ3n) is 7.01. The van der Waals surface area contributed by atoms with E-state index in [9.17, 15) is 5.26 Å². The summed E-state index contributed by atoms with van der Waals surface area (Å²) in [6, 6.07) is 36.0. The Hall–Kier alpha value is -5.84. The highest BCUT2D eigenvalue weighted by atomic mass is 16.5. The van der Waals surface area contributed by atoms with Crippen molar-refractivity contribution in [2.75, 3.05) is 4.90 Å². The molecule has 0 aromatic heterocycles. The molecule has 0 aliphatic carbocycles. The average molecular weight is 558 g/mol. The molecular weight excluding hydrogens is 526 g/mol. The molecular formula is C39H31N3O. The van der Waals surface area contributed by atoms with Crippen LogP contribution >= 0.6 is 0 Å². The van der Waals surface area contributed by atoms with E-state index in [2.05, 4.69) is 121 Å². The van der Waals surface area contributed by atoms with E-state index in [4.69, 9.17) is 11.3 Å². The Bertz CT molecular complexity index is 1780. The summed E-state index contributed by atoms with van der Waals surface area (Å²) in [5, 5.41) is 9.19. The zero-order chi connectivity index (χ0) is 30.2. The van der Waals surface area contributed by atoms with E-state index >= 15 is 0 Å². The molecule has 0 radical (unpaired) electrons. The summed E-state index contributed by atoms with van der Waals surface area (Å²) in [6.45, 7) is 13.2. The maximum atomic E-state index is 9.19. The summed E-state index contributed by atoms with van der Waals surface area (Å²) in [5.41, 5.74) is 9.65. The van der Waals surface area contributed by atoms with Gasteiger partial charge in [-0.3, -0.25) is 0 Å². The number of benzene rings is 4. The lowest BCUT2D eigenvalue weighted by Gasteiger charge is -2.25. The van der Waals surface area contributed by atoms with Crippen LogP contribution in [0, 0.1) is 31.8 Å². The first kappa shape index (κ1) is 28.7. The summed E-state index contributed by atoms with van der Waals surface area (Å²) in [6.07, 6.45) is 11.4. The molecule has 5 rings (SSSR count). The van der Waals surface area contributed by atoms with Gasteiger partial charge in [-0.1, -0.05) is 90.0 Å². The molecule has 4 aromatic carbocycles. The van der Waals surface area contributed by atoms with Crippen LogP contribution in [0.5, 0.6) is 0 Å². The Morgan fingerprint density at radius 3 is 1.51 bits per heavy atom. The van der Waals surface area contributed by atoms with Crippen LogP contribution in [0.3, 0.4) is 0 Å². The van der Waals surface area contributed by atoms with Crippen LogP contribution in [-0.2, 0) is 4.74 Å². The Morgan fingerprint density at radius 1 is 0.651 bits per heavy atom. The lowest BCUT2D eigenvalue weighted by Crippen LogP contribution is -2.09. The number of nitrogens with zero attached hydrogens (tertiary/aromatic N) is 3. The number of hydrogen-bond donors (Lipinski definition) is 0. The van der Waals surface area contributed by atoms with Crippen molar-refractivity contribution in [2.24, 2.45) is 0 Å². The van der Waals surface area contributed by atoms with Gasteiger partial charge in [0.2, 0.25) is 0 Å². The van der Waals surface area contributed by atoms with Crippen molar-refractivity contribution in [1.82, 2.24) is 0 Å². The van der Waals surface area contributed by atoms with Crippen molar-refractivity contribution in [1.29, 1.82) is 5.26 Å². The fraction of sp³-hybridized carbons (Fsp3) is 0.0769. The molecule has 4 heteroatoms. The maximum Gasteiger partial charge on any atom is 0.269 e. The minimum absolute atomic E-state index is 0.0502. The smallest absolute Gasteiger partial charge is 0.269 e. The fourth-order valence-corrected chi connectivity index (χ4v) is 4.69. The number of nitriles is 1. The van der Waals surface area contributed by atoms with E-state index in [1.807, 2.05) is 30.4 Å². The van der Waals surface area contributed by atoms with Crippen LogP contribution in [0.25, 0.3) is 23.1 Å². The molecule has 4 aromatic rings. The molecule has 0 unspecified atom stereocenters. The minimum Gasteiger partial charge on any atom is -0.462 e. The number of hydrogen-bond acceptors (Lipinski definition) is 3. The Kier molecular flexibility index (Phi) is 8.81. The normalized spacial score (nSPS) is 14.0. The molecule has 0 fully saturated rings. The number of allylic oxidation sites excluding steroid dienone is 6. The van der Waals surface area contributed by atoms with Gasteiger partial charge in [0.25, 0.3) is 5.70 Å². The van der Waals surface area contributed by atoms with Crippen molar-refractivity contribution in [3.05, 3.63) is 177 Å². The average Bonchev–Trinajstić information content (AvgIpc) is 3.02. The van der Waals surface area contributed by atoms with E-state index in [-0.39, 0.29) is 5.70 Å². The number of anilines is 3. The van der Waals surface area contributed by atoms with Gasteiger partial charge in [-0.2, -0.15) is 0 Å². The number of rotatable bonds is 7. The fourth-order valence-electron chi connectivity index (χ4n) is 4.69. The van der Waals surface area contributed by atoms with Crippen LogP contribution < -0.4 is 4.90 Å². The Balaban J connectivity index is 1.29. The van der Waals surface area contributed by atoms with E-state index in [0.29, 0.717) is 17.1 Å². The van der Waals surface area contributed by atoms with E-state index < -0.39 is 0 Å². The maximum absolute atomic E-state index is 9.19. The second kappa shape index (κ2) is 13.2. The first-order valence-electron chi connectivity index (χ1n) is 14.0. The highest BCUT2D eigenvalue weighted by molar-refractivity contribution is 5.78. The molecule has 0 N–H and O–H groups in total. The molecule has 0 atom stereocenters. The van der Waals surface area contributed by atoms with Gasteiger partial charge < -0.3 is 9.64 Å². The second-order valence-electron chi connectivity index (χ2n) is 10.4. The molecule has 43 heavy (non-hydrogen) atoms. The van der Waals surface area contributed by atoms with Crippen molar-refractivity contribution >= 4 is 35.3 Å². The van der Waals surface area contributed by atoms with E-state index in [0.717, 1.165) is 33.8 Å². The number of aryl methyl sites for hydroxylation is 2. The van der Waals surface area contributed by atoms with Crippen molar-refractivity contribution in [2.45, 2.75) is 20.8 Å². The molecule has 0 bridgehead atoms. The molecule has 1 aliphatic rings. The quantitative estimate of drug-likeness (QED) is 0.129. The molecule has 208 valence electrons. The zero-order valence-electron chi connectivity index (χ0n) is 24.5. The number of ether oxygens (including phenoxy) is 1. The van der Waals surface area contributed by atoms with Gasteiger partial charge in [0.05, 0.1) is 12.6 Å². The molecule has 0 amide bonds. The van der Waals surface area contributed by atoms with Crippen molar-refractivity contribution < 1.29 is 4.74 Å². The van der Waals surface area contributed by atoms with Crippen LogP contribution in [0.1, 0.15) is 34.7 Å². The summed E-state index contributed by atoms with van der Waals surface area (Å²) in [4.78, 5) is 5.57. The SMILES string of the molecule is [C-]#[N+]/C(C#N)=C1\C=C(C)OC(/C=C/c2ccc(/C=C/c3ccc(N(c4ccc(C)cc4)c4ccc(C)cc4)cc3)cc2)=C1. The van der Waals surface area contributed by atoms with Crippen molar-refractivity contribution in [3.8, 4) is 6.07 Å². The van der Waals surface area contributed by atoms with Gasteiger partial charge in [-0.15, -0.1) is 0 Å².